The van der Waals surface area contributed by atoms with Crippen molar-refractivity contribution in [3.05, 3.63) is 77.4 Å². The summed E-state index contributed by atoms with van der Waals surface area (Å²) in [7, 11) is 0. The number of carbonyl (C=O) groups excluding carboxylic acids is 2. The van der Waals surface area contributed by atoms with Gasteiger partial charge in [-0.1, -0.05) is 6.07 Å². The number of hydrogen-bond acceptors (Lipinski definition) is 6. The van der Waals surface area contributed by atoms with E-state index in [1.807, 2.05) is 0 Å². The average Bonchev–Trinajstić information content (AvgIpc) is 3.51. The molecule has 0 fully saturated rings. The van der Waals surface area contributed by atoms with Gasteiger partial charge in [0.05, 0.1) is 24.0 Å². The minimum absolute atomic E-state index is 0.0203. The summed E-state index contributed by atoms with van der Waals surface area (Å²) in [6.07, 6.45) is -3.81. The van der Waals surface area contributed by atoms with Crippen molar-refractivity contribution in [2.24, 2.45) is 5.73 Å². The first kappa shape index (κ1) is 26.1. The second-order valence-electron chi connectivity index (χ2n) is 9.44. The Labute approximate surface area is 218 Å². The molecule has 1 aliphatic heterocycles. The number of aromatic amines is 1. The van der Waals surface area contributed by atoms with Crippen LogP contribution in [0.15, 0.2) is 54.7 Å². The minimum Gasteiger partial charge on any atom is -0.489 e. The summed E-state index contributed by atoms with van der Waals surface area (Å²) in [5.74, 6) is -2.38. The first-order chi connectivity index (χ1) is 18.3. The molecule has 5 rings (SSSR count). The fourth-order valence-corrected chi connectivity index (χ4v) is 4.33. The lowest BCUT2D eigenvalue weighted by Gasteiger charge is -2.31. The minimum atomic E-state index is -5.32. The summed E-state index contributed by atoms with van der Waals surface area (Å²) in [5, 5.41) is 20.4. The number of hydrogen-bond donors (Lipinski definition) is 4. The number of nitrogens with zero attached hydrogens (tertiary/aromatic N) is 2. The third-order valence-corrected chi connectivity index (χ3v) is 6.84. The van der Waals surface area contributed by atoms with Crippen molar-refractivity contribution in [2.45, 2.75) is 24.1 Å². The number of ether oxygens (including phenoxy) is 1. The Morgan fingerprint density at radius 2 is 1.90 bits per heavy atom. The number of nitrogens with two attached hydrogens (primary N) is 1. The molecule has 0 saturated heterocycles. The van der Waals surface area contributed by atoms with Crippen LogP contribution in [0.2, 0.25) is 0 Å². The van der Waals surface area contributed by atoms with E-state index in [2.05, 4.69) is 20.5 Å². The maximum Gasteiger partial charge on any atom is 0.424 e. The molecule has 0 saturated carbocycles. The molecule has 5 N–H and O–H groups in total. The zero-order chi connectivity index (χ0) is 28.2. The Morgan fingerprint density at radius 1 is 1.18 bits per heavy atom. The Kier molecular flexibility index (Phi) is 6.06. The van der Waals surface area contributed by atoms with Crippen LogP contribution in [0.1, 0.15) is 28.5 Å². The van der Waals surface area contributed by atoms with Crippen molar-refractivity contribution in [2.75, 3.05) is 13.2 Å². The molecule has 2 amide bonds. The number of aliphatic hydroxyl groups is 1. The van der Waals surface area contributed by atoms with E-state index in [1.54, 1.807) is 6.07 Å². The van der Waals surface area contributed by atoms with Crippen LogP contribution in [0.4, 0.5) is 17.6 Å². The number of nitrogens with one attached hydrogen (secondary N) is 2. The van der Waals surface area contributed by atoms with Crippen molar-refractivity contribution in [3.63, 3.8) is 0 Å². The molecule has 13 heteroatoms. The highest BCUT2D eigenvalue weighted by atomic mass is 19.4. The van der Waals surface area contributed by atoms with Crippen LogP contribution in [0, 0.1) is 5.82 Å². The molecule has 0 bridgehead atoms. The van der Waals surface area contributed by atoms with E-state index in [9.17, 15) is 32.3 Å². The lowest BCUT2D eigenvalue weighted by atomic mass is 9.81. The number of benzene rings is 2. The van der Waals surface area contributed by atoms with Gasteiger partial charge < -0.3 is 20.9 Å². The van der Waals surface area contributed by atoms with E-state index < -0.39 is 47.1 Å². The lowest BCUT2D eigenvalue weighted by molar-refractivity contribution is -0.265. The maximum atomic E-state index is 14.5. The number of fused-ring (bicyclic) bond motifs is 2. The van der Waals surface area contributed by atoms with Gasteiger partial charge in [0.1, 0.15) is 29.3 Å². The van der Waals surface area contributed by atoms with Crippen LogP contribution >= 0.6 is 0 Å². The topological polar surface area (TPSA) is 143 Å². The van der Waals surface area contributed by atoms with Gasteiger partial charge in [-0.15, -0.1) is 0 Å². The SMILES string of the molecule is C[C@]1(C(N)=O)COc2c1cc([C@@](O)(CNC(=O)c1ccc3cn[nH]c3c1)C(F)(F)F)nc2-c1ccc(F)cc1. The number of rotatable bonds is 6. The summed E-state index contributed by atoms with van der Waals surface area (Å²) in [6.45, 7) is -0.202. The van der Waals surface area contributed by atoms with Gasteiger partial charge in [0.25, 0.3) is 5.91 Å². The number of alkyl halides is 3. The Hall–Kier alpha value is -4.52. The number of H-pyrrole nitrogens is 1. The second-order valence-corrected chi connectivity index (χ2v) is 9.44. The molecule has 0 spiro atoms. The summed E-state index contributed by atoms with van der Waals surface area (Å²) < 4.78 is 62.6. The van der Waals surface area contributed by atoms with Gasteiger partial charge >= 0.3 is 6.18 Å². The highest BCUT2D eigenvalue weighted by Crippen LogP contribution is 2.47. The van der Waals surface area contributed by atoms with E-state index in [4.69, 9.17) is 10.5 Å². The monoisotopic (exact) mass is 543 g/mol. The van der Waals surface area contributed by atoms with Crippen molar-refractivity contribution in [1.82, 2.24) is 20.5 Å². The molecular formula is C26H21F4N5O4. The summed E-state index contributed by atoms with van der Waals surface area (Å²) in [5.41, 5.74) is -0.0856. The number of halogens is 4. The van der Waals surface area contributed by atoms with Crippen LogP contribution in [-0.4, -0.2) is 51.4 Å². The predicted molar refractivity (Wildman–Crippen MR) is 130 cm³/mol. The smallest absolute Gasteiger partial charge is 0.424 e. The number of amides is 2. The molecule has 0 aliphatic carbocycles. The molecule has 3 heterocycles. The lowest BCUT2D eigenvalue weighted by Crippen LogP contribution is -2.51. The maximum absolute atomic E-state index is 14.5. The molecule has 2 aromatic carbocycles. The summed E-state index contributed by atoms with van der Waals surface area (Å²) in [6, 6.07) is 9.95. The van der Waals surface area contributed by atoms with Crippen LogP contribution in [0.5, 0.6) is 5.75 Å². The molecule has 9 nitrogen and oxygen atoms in total. The van der Waals surface area contributed by atoms with Gasteiger partial charge in [-0.25, -0.2) is 9.37 Å². The predicted octanol–water partition coefficient (Wildman–Crippen LogP) is 3.08. The van der Waals surface area contributed by atoms with Crippen LogP contribution in [0.3, 0.4) is 0 Å². The third-order valence-electron chi connectivity index (χ3n) is 6.84. The van der Waals surface area contributed by atoms with Gasteiger partial charge in [0.2, 0.25) is 11.5 Å². The molecular weight excluding hydrogens is 522 g/mol. The van der Waals surface area contributed by atoms with E-state index >= 15 is 0 Å². The van der Waals surface area contributed by atoms with Crippen LogP contribution in [0.25, 0.3) is 22.2 Å². The third kappa shape index (κ3) is 4.34. The van der Waals surface area contributed by atoms with Gasteiger partial charge in [-0.2, -0.15) is 18.3 Å². The second kappa shape index (κ2) is 9.05. The van der Waals surface area contributed by atoms with Gasteiger partial charge in [-0.05, 0) is 49.4 Å². The quantitative estimate of drug-likeness (QED) is 0.275. The molecule has 2 aromatic heterocycles. The van der Waals surface area contributed by atoms with Crippen LogP contribution in [-0.2, 0) is 15.8 Å². The van der Waals surface area contributed by atoms with Crippen molar-refractivity contribution < 1.29 is 37.0 Å². The number of pyridine rings is 1. The van der Waals surface area contributed by atoms with E-state index in [-0.39, 0.29) is 34.7 Å². The molecule has 0 unspecified atom stereocenters. The molecule has 1 aliphatic rings. The highest BCUT2D eigenvalue weighted by Gasteiger charge is 2.57. The van der Waals surface area contributed by atoms with Crippen LogP contribution < -0.4 is 15.8 Å². The Balaban J connectivity index is 1.59. The fraction of sp³-hybridized carbons (Fsp3) is 0.231. The first-order valence-corrected chi connectivity index (χ1v) is 11.6. The van der Waals surface area contributed by atoms with Crippen molar-refractivity contribution in [1.29, 1.82) is 0 Å². The summed E-state index contributed by atoms with van der Waals surface area (Å²) >= 11 is 0. The van der Waals surface area contributed by atoms with Gasteiger partial charge in [0, 0.05) is 22.1 Å². The van der Waals surface area contributed by atoms with E-state index in [0.717, 1.165) is 18.2 Å². The molecule has 2 atom stereocenters. The summed E-state index contributed by atoms with van der Waals surface area (Å²) in [4.78, 5) is 29.1. The Bertz CT molecular complexity index is 1600. The molecule has 202 valence electrons. The molecule has 4 aromatic rings. The van der Waals surface area contributed by atoms with Gasteiger partial charge in [0.15, 0.2) is 0 Å². The number of aromatic nitrogens is 3. The van der Waals surface area contributed by atoms with Crippen molar-refractivity contribution in [3.8, 4) is 17.0 Å². The van der Waals surface area contributed by atoms with E-state index in [0.29, 0.717) is 10.9 Å². The Morgan fingerprint density at radius 3 is 2.56 bits per heavy atom. The zero-order valence-corrected chi connectivity index (χ0v) is 20.3. The molecule has 39 heavy (non-hydrogen) atoms. The molecule has 0 radical (unpaired) electrons. The van der Waals surface area contributed by atoms with Crippen molar-refractivity contribution >= 4 is 22.7 Å². The van der Waals surface area contributed by atoms with Gasteiger partial charge in [-0.3, -0.25) is 14.7 Å². The van der Waals surface area contributed by atoms with E-state index in [1.165, 1.54) is 37.4 Å². The standard InChI is InChI=1S/C26H21F4N5O4/c1-24(23(31)37)12-39-21-17(24)9-19(34-20(21)13-4-6-16(27)7-5-13)25(38,26(28,29)30)11-32-22(36)14-2-3-15-10-33-35-18(15)8-14/h2-10,38H,11-12H2,1H3,(H2,31,37)(H,32,36)(H,33,35)/t24-,25-/m0/s1. The fourth-order valence-electron chi connectivity index (χ4n) is 4.33. The average molecular weight is 543 g/mol. The number of carbonyl (C=O) groups is 2. The highest BCUT2D eigenvalue weighted by molar-refractivity contribution is 5.97. The number of primary amides is 1. The normalized spacial score (nSPS) is 18.3. The largest absolute Gasteiger partial charge is 0.489 e. The zero-order valence-electron chi connectivity index (χ0n) is 20.3. The first-order valence-electron chi connectivity index (χ1n) is 11.6.